The number of aromatic nitrogens is 1. The second kappa shape index (κ2) is 10.1. The van der Waals surface area contributed by atoms with Crippen molar-refractivity contribution >= 4 is 16.6 Å². The van der Waals surface area contributed by atoms with Gasteiger partial charge in [-0.25, -0.2) is 0 Å². The first-order valence-electron chi connectivity index (χ1n) is 8.51. The number of pyridine rings is 1. The Morgan fingerprint density at radius 1 is 1.07 bits per heavy atom. The van der Waals surface area contributed by atoms with Gasteiger partial charge in [-0.05, 0) is 42.8 Å². The Bertz CT molecular complexity index is 973. The number of rotatable bonds is 2. The fourth-order valence-corrected chi connectivity index (χ4v) is 2.84. The van der Waals surface area contributed by atoms with Gasteiger partial charge in [0.2, 0.25) is 0 Å². The molecule has 0 aliphatic heterocycles. The van der Waals surface area contributed by atoms with E-state index in [9.17, 15) is 4.79 Å². The smallest absolute Gasteiger partial charge is 0.155 e. The number of nitrogens with zero attached hydrogens (tertiary/aromatic N) is 1. The summed E-state index contributed by atoms with van der Waals surface area (Å²) in [5.74, 6) is -0.0625. The molecule has 0 saturated heterocycles. The van der Waals surface area contributed by atoms with Crippen molar-refractivity contribution in [2.75, 3.05) is 0 Å². The number of allylic oxidation sites excluding steroid dienone is 2. The molecule has 0 spiro atoms. The molecule has 143 valence electrons. The Balaban J connectivity index is 0.000000395. The molecule has 0 atom stereocenters. The predicted octanol–water partition coefficient (Wildman–Crippen LogP) is 5.66. The monoisotopic (exact) mass is 539 g/mol. The summed E-state index contributed by atoms with van der Waals surface area (Å²) >= 11 is 0. The molecule has 3 nitrogen and oxygen atoms in total. The van der Waals surface area contributed by atoms with Gasteiger partial charge in [-0.3, -0.25) is 4.79 Å². The second-order valence-electron chi connectivity index (χ2n) is 6.47. The van der Waals surface area contributed by atoms with Gasteiger partial charge in [0.15, 0.2) is 5.78 Å². The number of benzene rings is 2. The first-order chi connectivity index (χ1) is 12.3. The molecule has 0 bridgehead atoms. The molecule has 4 heteroatoms. The molecule has 27 heavy (non-hydrogen) atoms. The van der Waals surface area contributed by atoms with Gasteiger partial charge in [0.25, 0.3) is 0 Å². The van der Waals surface area contributed by atoms with Gasteiger partial charge >= 0.3 is 0 Å². The average molecular weight is 539 g/mol. The van der Waals surface area contributed by atoms with Crippen LogP contribution in [0.4, 0.5) is 0 Å². The largest absolute Gasteiger partial charge is 0.512 e. The molecule has 0 aliphatic rings. The van der Waals surface area contributed by atoms with Crippen molar-refractivity contribution in [2.45, 2.75) is 34.6 Å². The quantitative estimate of drug-likeness (QED) is 0.260. The molecule has 0 fully saturated rings. The van der Waals surface area contributed by atoms with Crippen LogP contribution in [0.5, 0.6) is 0 Å². The van der Waals surface area contributed by atoms with Crippen molar-refractivity contribution in [2.24, 2.45) is 0 Å². The number of aliphatic hydroxyl groups is 1. The Hall–Kier alpha value is -2.29. The normalized spacial score (nSPS) is 10.6. The Morgan fingerprint density at radius 3 is 2.22 bits per heavy atom. The van der Waals surface area contributed by atoms with Crippen LogP contribution in [0, 0.1) is 26.8 Å². The van der Waals surface area contributed by atoms with E-state index < -0.39 is 0 Å². The Morgan fingerprint density at radius 2 is 1.70 bits per heavy atom. The maximum absolute atomic E-state index is 10.0. The molecular weight excluding hydrogens is 514 g/mol. The fourth-order valence-electron chi connectivity index (χ4n) is 2.84. The van der Waals surface area contributed by atoms with E-state index in [2.05, 4.69) is 62.2 Å². The third-order valence-corrected chi connectivity index (χ3v) is 3.93. The van der Waals surface area contributed by atoms with Crippen molar-refractivity contribution in [3.05, 3.63) is 77.2 Å². The van der Waals surface area contributed by atoms with E-state index in [-0.39, 0.29) is 31.6 Å². The van der Waals surface area contributed by atoms with Crippen LogP contribution >= 0.6 is 0 Å². The molecule has 1 N–H and O–H groups in total. The molecule has 3 rings (SSSR count). The summed E-state index contributed by atoms with van der Waals surface area (Å²) in [7, 11) is 0. The zero-order chi connectivity index (χ0) is 19.3. The number of fused-ring (bicyclic) bond motifs is 1. The number of hydrogen-bond donors (Lipinski definition) is 1. The zero-order valence-electron chi connectivity index (χ0n) is 16.3. The predicted molar refractivity (Wildman–Crippen MR) is 107 cm³/mol. The maximum Gasteiger partial charge on any atom is 0.155 e. The van der Waals surface area contributed by atoms with Crippen LogP contribution in [0.3, 0.4) is 0 Å². The van der Waals surface area contributed by atoms with E-state index >= 15 is 0 Å². The minimum atomic E-state index is -0.125. The van der Waals surface area contributed by atoms with Crippen molar-refractivity contribution < 1.29 is 30.0 Å². The van der Waals surface area contributed by atoms with Gasteiger partial charge in [-0.15, -0.1) is 34.9 Å². The summed E-state index contributed by atoms with van der Waals surface area (Å²) < 4.78 is 0. The molecule has 1 aromatic heterocycles. The number of carbonyl (C=O) groups excluding carboxylic acids is 1. The molecule has 0 saturated carbocycles. The molecule has 1 radical (unpaired) electrons. The second-order valence-corrected chi connectivity index (χ2v) is 6.47. The third kappa shape index (κ3) is 6.13. The van der Waals surface area contributed by atoms with Crippen LogP contribution in [0.15, 0.2) is 54.4 Å². The standard InChI is InChI=1S/C18H16N.C5H8O2.Ir/c1-12-8-9-16(13(2)10-12)18-17-7-5-4-6-15(17)14(3)11-19-18;1-4(6)3-5(2)7;/h4-8,10-11H,1-3H3;3,6H,1-2H3;/q-1;;/b;4-3-;. The average Bonchev–Trinajstić information content (AvgIpc) is 2.56. The van der Waals surface area contributed by atoms with E-state index in [1.807, 2.05) is 12.3 Å². The van der Waals surface area contributed by atoms with Crippen LogP contribution < -0.4 is 0 Å². The molecular formula is C23H24IrNO2-. The summed E-state index contributed by atoms with van der Waals surface area (Å²) in [6, 6.07) is 16.0. The summed E-state index contributed by atoms with van der Waals surface area (Å²) in [6.45, 7) is 9.16. The minimum absolute atomic E-state index is 0. The van der Waals surface area contributed by atoms with Gasteiger partial charge < -0.3 is 10.1 Å². The van der Waals surface area contributed by atoms with Gasteiger partial charge in [0, 0.05) is 32.4 Å². The zero-order valence-corrected chi connectivity index (χ0v) is 18.6. The van der Waals surface area contributed by atoms with E-state index in [0.29, 0.717) is 0 Å². The van der Waals surface area contributed by atoms with E-state index in [4.69, 9.17) is 5.11 Å². The molecule has 0 aliphatic carbocycles. The third-order valence-electron chi connectivity index (χ3n) is 3.93. The van der Waals surface area contributed by atoms with E-state index in [1.54, 1.807) is 0 Å². The van der Waals surface area contributed by atoms with Gasteiger partial charge in [-0.1, -0.05) is 38.1 Å². The van der Waals surface area contributed by atoms with E-state index in [1.165, 1.54) is 47.4 Å². The van der Waals surface area contributed by atoms with Crippen LogP contribution in [-0.4, -0.2) is 15.9 Å². The molecule has 2 aromatic carbocycles. The number of aliphatic hydroxyl groups excluding tert-OH is 1. The molecule has 1 heterocycles. The van der Waals surface area contributed by atoms with Gasteiger partial charge in [-0.2, -0.15) is 0 Å². The minimum Gasteiger partial charge on any atom is -0.512 e. The van der Waals surface area contributed by atoms with Crippen molar-refractivity contribution in [1.82, 2.24) is 4.98 Å². The first kappa shape index (κ1) is 22.7. The SMILES string of the molecule is CC(=O)/C=C(/C)O.Cc1c[c-]c(-c2ncc(C)c3ccccc23)c(C)c1.[Ir]. The molecule has 0 unspecified atom stereocenters. The van der Waals surface area contributed by atoms with Crippen molar-refractivity contribution in [3.63, 3.8) is 0 Å². The number of aryl methyl sites for hydroxylation is 3. The number of carbonyl (C=O) groups is 1. The van der Waals surface area contributed by atoms with Crippen LogP contribution in [0.25, 0.3) is 22.0 Å². The Labute approximate surface area is 174 Å². The van der Waals surface area contributed by atoms with Crippen molar-refractivity contribution in [1.29, 1.82) is 0 Å². The summed E-state index contributed by atoms with van der Waals surface area (Å²) in [5, 5.41) is 10.8. The van der Waals surface area contributed by atoms with Crippen LogP contribution in [0.1, 0.15) is 30.5 Å². The van der Waals surface area contributed by atoms with Crippen LogP contribution in [-0.2, 0) is 24.9 Å². The van der Waals surface area contributed by atoms with Crippen LogP contribution in [0.2, 0.25) is 0 Å². The van der Waals surface area contributed by atoms with Crippen molar-refractivity contribution in [3.8, 4) is 11.3 Å². The number of ketones is 1. The maximum atomic E-state index is 10.0. The first-order valence-corrected chi connectivity index (χ1v) is 8.51. The number of hydrogen-bond acceptors (Lipinski definition) is 3. The summed E-state index contributed by atoms with van der Waals surface area (Å²) in [5.41, 5.74) is 5.80. The van der Waals surface area contributed by atoms with Gasteiger partial charge in [0.1, 0.15) is 0 Å². The topological polar surface area (TPSA) is 50.2 Å². The molecule has 0 amide bonds. The Kier molecular flexibility index (Phi) is 8.55. The summed E-state index contributed by atoms with van der Waals surface area (Å²) in [4.78, 5) is 14.7. The van der Waals surface area contributed by atoms with Gasteiger partial charge in [0.05, 0.1) is 5.76 Å². The fraction of sp³-hybridized carbons (Fsp3) is 0.217. The molecule has 3 aromatic rings. The van der Waals surface area contributed by atoms with E-state index in [0.717, 1.165) is 11.3 Å². The summed E-state index contributed by atoms with van der Waals surface area (Å²) in [6.07, 6.45) is 3.12.